The van der Waals surface area contributed by atoms with Crippen molar-refractivity contribution in [2.45, 2.75) is 31.5 Å². The van der Waals surface area contributed by atoms with Crippen molar-refractivity contribution >= 4 is 25.6 Å². The number of para-hydroxylation sites is 1. The lowest BCUT2D eigenvalue weighted by Crippen LogP contribution is -2.26. The Balaban J connectivity index is 1.24. The summed E-state index contributed by atoms with van der Waals surface area (Å²) in [6, 6.07) is 7.66. The molecule has 4 unspecified atom stereocenters. The van der Waals surface area contributed by atoms with Crippen LogP contribution in [0.4, 0.5) is 5.82 Å². The highest BCUT2D eigenvalue weighted by Gasteiger charge is 2.37. The fraction of sp³-hybridized carbons (Fsp3) is 0.353. The molecule has 0 spiro atoms. The number of nitrogens with two attached hydrogens (primary N) is 1. The molecule has 0 amide bonds. The number of benzene rings is 1. The molecule has 3 N–H and O–H groups in total. The number of nitrogen functional groups attached to an aromatic ring is 1. The Morgan fingerprint density at radius 2 is 2.18 bits per heavy atom. The summed E-state index contributed by atoms with van der Waals surface area (Å²) >= 11 is 0. The Labute approximate surface area is 161 Å². The van der Waals surface area contributed by atoms with Crippen molar-refractivity contribution in [2.75, 3.05) is 12.3 Å². The third kappa shape index (κ3) is 3.19. The number of hydrogen-bond acceptors (Lipinski definition) is 9. The zero-order valence-electron chi connectivity index (χ0n) is 14.7. The quantitative estimate of drug-likeness (QED) is 0.628. The molecule has 3 aromatic rings. The second-order valence-corrected chi connectivity index (χ2v) is 7.65. The first kappa shape index (κ1) is 17.7. The van der Waals surface area contributed by atoms with Gasteiger partial charge in [0, 0.05) is 12.0 Å². The molecule has 1 fully saturated rings. The maximum atomic E-state index is 10.4. The standard InChI is InChI=1S/C17H18N5O5P/c18-16-15-17(20-8-19-16)22(9-21-15)14-5-11(23)13(26-14)7-25-28-24-6-10-3-1-2-4-12(10)27-28/h1-4,8-9,11,13-14,23H,5-7H2,(H2,18,19,20). The Kier molecular flexibility index (Phi) is 4.58. The molecule has 0 aliphatic carbocycles. The lowest BCUT2D eigenvalue weighted by Gasteiger charge is -2.25. The summed E-state index contributed by atoms with van der Waals surface area (Å²) in [5.74, 6) is 1.06. The third-order valence-electron chi connectivity index (χ3n) is 4.72. The van der Waals surface area contributed by atoms with E-state index in [4.69, 9.17) is 24.0 Å². The van der Waals surface area contributed by atoms with Gasteiger partial charge in [0.2, 0.25) is 0 Å². The Morgan fingerprint density at radius 1 is 1.29 bits per heavy atom. The summed E-state index contributed by atoms with van der Waals surface area (Å²) < 4.78 is 24.8. The van der Waals surface area contributed by atoms with E-state index in [9.17, 15) is 5.11 Å². The number of aromatic nitrogens is 4. The van der Waals surface area contributed by atoms with Crippen molar-refractivity contribution in [2.24, 2.45) is 0 Å². The monoisotopic (exact) mass is 403 g/mol. The largest absolute Gasteiger partial charge is 0.426 e. The maximum Gasteiger partial charge on any atom is 0.397 e. The molecule has 2 aliphatic heterocycles. The van der Waals surface area contributed by atoms with Crippen LogP contribution in [-0.2, 0) is 20.4 Å². The first-order valence-corrected chi connectivity index (χ1v) is 9.87. The average molecular weight is 403 g/mol. The summed E-state index contributed by atoms with van der Waals surface area (Å²) in [4.78, 5) is 12.4. The molecule has 1 saturated heterocycles. The molecular weight excluding hydrogens is 385 g/mol. The molecule has 11 heteroatoms. The second kappa shape index (κ2) is 7.23. The lowest BCUT2D eigenvalue weighted by molar-refractivity contribution is -0.0409. The van der Waals surface area contributed by atoms with Crippen molar-refractivity contribution in [3.05, 3.63) is 42.5 Å². The van der Waals surface area contributed by atoms with Gasteiger partial charge in [0.05, 0.1) is 25.6 Å². The van der Waals surface area contributed by atoms with Crippen molar-refractivity contribution in [3.8, 4) is 5.75 Å². The van der Waals surface area contributed by atoms with Gasteiger partial charge in [-0.2, -0.15) is 0 Å². The molecule has 5 rings (SSSR count). The van der Waals surface area contributed by atoms with E-state index in [-0.39, 0.29) is 6.61 Å². The number of aliphatic hydroxyl groups excluding tert-OH is 1. The summed E-state index contributed by atoms with van der Waals surface area (Å²) in [5.41, 5.74) is 7.87. The van der Waals surface area contributed by atoms with E-state index in [1.54, 1.807) is 10.9 Å². The first-order valence-electron chi connectivity index (χ1n) is 8.77. The number of fused-ring (bicyclic) bond motifs is 2. The van der Waals surface area contributed by atoms with E-state index >= 15 is 0 Å². The molecule has 0 radical (unpaired) electrons. The predicted octanol–water partition coefficient (Wildman–Crippen LogP) is 1.91. The Morgan fingerprint density at radius 3 is 3.11 bits per heavy atom. The van der Waals surface area contributed by atoms with Crippen LogP contribution in [0.2, 0.25) is 0 Å². The second-order valence-electron chi connectivity index (χ2n) is 6.51. The van der Waals surface area contributed by atoms with Gasteiger partial charge >= 0.3 is 8.60 Å². The molecular formula is C17H18N5O5P. The number of nitrogens with zero attached hydrogens (tertiary/aromatic N) is 4. The van der Waals surface area contributed by atoms with Crippen molar-refractivity contribution < 1.29 is 23.4 Å². The highest BCUT2D eigenvalue weighted by atomic mass is 31.2. The lowest BCUT2D eigenvalue weighted by atomic mass is 10.2. The Hall–Kier alpha value is -2.36. The van der Waals surface area contributed by atoms with Crippen molar-refractivity contribution in [3.63, 3.8) is 0 Å². The minimum atomic E-state index is -1.53. The fourth-order valence-electron chi connectivity index (χ4n) is 3.26. The van der Waals surface area contributed by atoms with Gasteiger partial charge in [-0.05, 0) is 6.07 Å². The number of ether oxygens (including phenoxy) is 1. The van der Waals surface area contributed by atoms with Gasteiger partial charge in [-0.3, -0.25) is 13.6 Å². The van der Waals surface area contributed by atoms with Crippen molar-refractivity contribution in [1.29, 1.82) is 0 Å². The molecule has 10 nitrogen and oxygen atoms in total. The fourth-order valence-corrected chi connectivity index (χ4v) is 4.29. The molecule has 2 aliphatic rings. The van der Waals surface area contributed by atoms with Crippen LogP contribution >= 0.6 is 8.60 Å². The minimum absolute atomic E-state index is 0.148. The van der Waals surface area contributed by atoms with Gasteiger partial charge in [0.15, 0.2) is 11.5 Å². The number of hydrogen-bond donors (Lipinski definition) is 2. The number of imidazole rings is 1. The number of anilines is 1. The maximum absolute atomic E-state index is 10.4. The van der Waals surface area contributed by atoms with Crippen LogP contribution in [0.3, 0.4) is 0 Å². The van der Waals surface area contributed by atoms with Crippen LogP contribution in [0.25, 0.3) is 11.2 Å². The van der Waals surface area contributed by atoms with E-state index in [2.05, 4.69) is 15.0 Å². The van der Waals surface area contributed by atoms with E-state index in [1.165, 1.54) is 6.33 Å². The topological polar surface area (TPSA) is 127 Å². The number of aliphatic hydroxyl groups is 1. The zero-order valence-corrected chi connectivity index (χ0v) is 15.6. The Bertz CT molecular complexity index is 1000. The smallest absolute Gasteiger partial charge is 0.397 e. The van der Waals surface area contributed by atoms with Gasteiger partial charge in [0.25, 0.3) is 0 Å². The summed E-state index contributed by atoms with van der Waals surface area (Å²) in [5, 5.41) is 10.4. The van der Waals surface area contributed by atoms with Gasteiger partial charge in [-0.15, -0.1) is 0 Å². The molecule has 4 atom stereocenters. The van der Waals surface area contributed by atoms with Crippen molar-refractivity contribution in [1.82, 2.24) is 19.5 Å². The van der Waals surface area contributed by atoms with E-state index in [0.717, 1.165) is 11.3 Å². The van der Waals surface area contributed by atoms with Crippen LogP contribution in [0.1, 0.15) is 18.2 Å². The average Bonchev–Trinajstić information content (AvgIpc) is 3.30. The molecule has 0 saturated carbocycles. The van der Waals surface area contributed by atoms with Gasteiger partial charge in [-0.1, -0.05) is 18.2 Å². The summed E-state index contributed by atoms with van der Waals surface area (Å²) in [7, 11) is -1.53. The number of rotatable bonds is 4. The van der Waals surface area contributed by atoms with Gasteiger partial charge in [0.1, 0.15) is 29.9 Å². The molecule has 2 aromatic heterocycles. The van der Waals surface area contributed by atoms with E-state index < -0.39 is 27.0 Å². The van der Waals surface area contributed by atoms with Crippen LogP contribution in [0.15, 0.2) is 36.9 Å². The third-order valence-corrected chi connectivity index (χ3v) is 5.76. The van der Waals surface area contributed by atoms with E-state index in [1.807, 2.05) is 24.3 Å². The molecule has 4 heterocycles. The molecule has 28 heavy (non-hydrogen) atoms. The normalized spacial score (nSPS) is 26.9. The minimum Gasteiger partial charge on any atom is -0.426 e. The first-order chi connectivity index (χ1) is 13.7. The van der Waals surface area contributed by atoms with Gasteiger partial charge in [-0.25, -0.2) is 15.0 Å². The summed E-state index contributed by atoms with van der Waals surface area (Å²) in [6.07, 6.45) is 1.70. The highest BCUT2D eigenvalue weighted by molar-refractivity contribution is 7.42. The zero-order chi connectivity index (χ0) is 19.1. The van der Waals surface area contributed by atoms with Crippen LogP contribution < -0.4 is 10.3 Å². The molecule has 1 aromatic carbocycles. The van der Waals surface area contributed by atoms with Gasteiger partial charge < -0.3 is 20.1 Å². The van der Waals surface area contributed by atoms with Crippen LogP contribution in [0.5, 0.6) is 5.75 Å². The SMILES string of the molecule is Nc1ncnc2c1ncn2C1CC(O)C(COP2OCc3ccccc3O2)O1. The molecule has 0 bridgehead atoms. The van der Waals surface area contributed by atoms with E-state index in [0.29, 0.717) is 30.0 Å². The molecule has 146 valence electrons. The predicted molar refractivity (Wildman–Crippen MR) is 99.0 cm³/mol. The highest BCUT2D eigenvalue weighted by Crippen LogP contribution is 2.47. The van der Waals surface area contributed by atoms with Crippen LogP contribution in [0, 0.1) is 0 Å². The van der Waals surface area contributed by atoms with Crippen LogP contribution in [-0.4, -0.2) is 43.4 Å². The summed E-state index contributed by atoms with van der Waals surface area (Å²) in [6.45, 7) is 0.579.